The molecule has 2 N–H and O–H groups in total. The molecule has 2 aromatic carbocycles. The number of nitriles is 1. The molecule has 224 valence electrons. The van der Waals surface area contributed by atoms with Crippen molar-refractivity contribution in [2.24, 2.45) is 0 Å². The number of piperazine rings is 1. The van der Waals surface area contributed by atoms with Crippen molar-refractivity contribution in [1.29, 1.82) is 5.26 Å². The molecule has 3 fully saturated rings. The molecule has 11 nitrogen and oxygen atoms in total. The number of likely N-dealkylation sites (tertiary alicyclic amines) is 1. The van der Waals surface area contributed by atoms with Crippen LogP contribution in [0, 0.1) is 11.3 Å². The zero-order chi connectivity index (χ0) is 29.5. The Bertz CT molecular complexity index is 1570. The van der Waals surface area contributed by atoms with E-state index in [0.29, 0.717) is 63.8 Å². The lowest BCUT2D eigenvalue weighted by Gasteiger charge is -2.41. The number of carbonyl (C=O) groups is 1. The summed E-state index contributed by atoms with van der Waals surface area (Å²) in [6.07, 6.45) is 4.63. The van der Waals surface area contributed by atoms with Gasteiger partial charge in [-0.2, -0.15) is 15.2 Å². The number of fused-ring (bicyclic) bond motifs is 2. The summed E-state index contributed by atoms with van der Waals surface area (Å²) < 4.78 is 6.35. The van der Waals surface area contributed by atoms with E-state index >= 15 is 0 Å². The molecule has 0 spiro atoms. The van der Waals surface area contributed by atoms with E-state index in [1.54, 1.807) is 6.07 Å². The molecule has 1 aromatic heterocycles. The van der Waals surface area contributed by atoms with Crippen LogP contribution in [0.15, 0.2) is 36.4 Å². The second kappa shape index (κ2) is 11.4. The third-order valence-corrected chi connectivity index (χ3v) is 9.39. The van der Waals surface area contributed by atoms with E-state index in [0.717, 1.165) is 46.5 Å². The number of aromatic hydroxyl groups is 1. The number of nitrogens with zero attached hydrogens (tertiary/aromatic N) is 7. The van der Waals surface area contributed by atoms with Crippen LogP contribution in [-0.2, 0) is 13.0 Å². The summed E-state index contributed by atoms with van der Waals surface area (Å²) in [6.45, 7) is 4.08. The fourth-order valence-corrected chi connectivity index (χ4v) is 7.13. The van der Waals surface area contributed by atoms with Gasteiger partial charge in [0.1, 0.15) is 18.2 Å². The summed E-state index contributed by atoms with van der Waals surface area (Å²) in [7, 11) is 0. The minimum absolute atomic E-state index is 0.121. The van der Waals surface area contributed by atoms with Gasteiger partial charge in [0.2, 0.25) is 0 Å². The van der Waals surface area contributed by atoms with Crippen LogP contribution in [0.25, 0.3) is 10.8 Å². The first-order valence-electron chi connectivity index (χ1n) is 15.3. The van der Waals surface area contributed by atoms with E-state index in [1.807, 2.05) is 24.3 Å². The minimum atomic E-state index is -1.00. The van der Waals surface area contributed by atoms with Crippen LogP contribution < -0.4 is 14.5 Å². The highest BCUT2D eigenvalue weighted by atomic mass is 16.5. The van der Waals surface area contributed by atoms with E-state index in [9.17, 15) is 20.3 Å². The van der Waals surface area contributed by atoms with Gasteiger partial charge in [-0.05, 0) is 50.1 Å². The number of hydrogen-bond acceptors (Lipinski definition) is 9. The molecule has 0 radical (unpaired) electrons. The van der Waals surface area contributed by atoms with Crippen molar-refractivity contribution in [3.05, 3.63) is 47.7 Å². The van der Waals surface area contributed by atoms with Gasteiger partial charge in [-0.25, -0.2) is 4.79 Å². The van der Waals surface area contributed by atoms with Gasteiger partial charge in [-0.1, -0.05) is 24.3 Å². The summed E-state index contributed by atoms with van der Waals surface area (Å²) in [4.78, 5) is 30.1. The summed E-state index contributed by atoms with van der Waals surface area (Å²) >= 11 is 0. The lowest BCUT2D eigenvalue weighted by molar-refractivity contribution is 0.118. The fourth-order valence-electron chi connectivity index (χ4n) is 7.13. The molecular formula is C32H37N7O4. The van der Waals surface area contributed by atoms with Crippen molar-refractivity contribution in [1.82, 2.24) is 19.8 Å². The Morgan fingerprint density at radius 2 is 1.91 bits per heavy atom. The topological polar surface area (TPSA) is 129 Å². The molecule has 3 aliphatic heterocycles. The lowest BCUT2D eigenvalue weighted by Crippen LogP contribution is -2.55. The largest absolute Gasteiger partial charge is 0.508 e. The van der Waals surface area contributed by atoms with Gasteiger partial charge < -0.3 is 29.6 Å². The van der Waals surface area contributed by atoms with Crippen molar-refractivity contribution >= 4 is 28.4 Å². The van der Waals surface area contributed by atoms with Gasteiger partial charge in [-0.3, -0.25) is 4.90 Å². The smallest absolute Gasteiger partial charge is 0.407 e. The molecule has 4 aliphatic rings. The van der Waals surface area contributed by atoms with Crippen LogP contribution in [0.2, 0.25) is 0 Å². The number of amides is 1. The number of rotatable bonds is 7. The summed E-state index contributed by atoms with van der Waals surface area (Å²) in [6, 6.07) is 14.8. The van der Waals surface area contributed by atoms with Crippen molar-refractivity contribution in [3.8, 4) is 17.8 Å². The Morgan fingerprint density at radius 3 is 2.72 bits per heavy atom. The molecule has 43 heavy (non-hydrogen) atoms. The molecular weight excluding hydrogens is 546 g/mol. The van der Waals surface area contributed by atoms with E-state index in [-0.39, 0.29) is 12.2 Å². The molecule has 2 unspecified atom stereocenters. The molecule has 2 atom stereocenters. The van der Waals surface area contributed by atoms with Crippen LogP contribution in [0.5, 0.6) is 11.8 Å². The SMILES string of the molecule is N#CCC1CN(c2nc(OCC3CCCN3C3CC3)nc3c2CCN(c2cc(O)cc4ccccc24)C3)CCN1C(=O)O. The second-order valence-electron chi connectivity index (χ2n) is 12.1. The van der Waals surface area contributed by atoms with Gasteiger partial charge >= 0.3 is 12.1 Å². The summed E-state index contributed by atoms with van der Waals surface area (Å²) in [5, 5.41) is 31.7. The Morgan fingerprint density at radius 1 is 1.05 bits per heavy atom. The van der Waals surface area contributed by atoms with Crippen molar-refractivity contribution in [3.63, 3.8) is 0 Å². The molecule has 3 aromatic rings. The van der Waals surface area contributed by atoms with Gasteiger partial charge in [0, 0.05) is 61.0 Å². The van der Waals surface area contributed by atoms with Crippen LogP contribution >= 0.6 is 0 Å². The molecule has 4 heterocycles. The minimum Gasteiger partial charge on any atom is -0.508 e. The number of phenols is 1. The van der Waals surface area contributed by atoms with Crippen LogP contribution in [0.4, 0.5) is 16.3 Å². The maximum absolute atomic E-state index is 11.9. The second-order valence-corrected chi connectivity index (χ2v) is 12.1. The maximum atomic E-state index is 11.9. The van der Waals surface area contributed by atoms with Crippen LogP contribution in [0.3, 0.4) is 0 Å². The zero-order valence-electron chi connectivity index (χ0n) is 24.2. The van der Waals surface area contributed by atoms with Crippen molar-refractivity contribution in [2.75, 3.05) is 49.1 Å². The number of benzene rings is 2. The van der Waals surface area contributed by atoms with Crippen molar-refractivity contribution in [2.45, 2.75) is 63.2 Å². The highest BCUT2D eigenvalue weighted by molar-refractivity contribution is 5.95. The first kappa shape index (κ1) is 27.5. The number of phenolic OH excluding ortho intramolecular Hbond substituents is 1. The predicted octanol–water partition coefficient (Wildman–Crippen LogP) is 3.99. The molecule has 7 rings (SSSR count). The first-order valence-corrected chi connectivity index (χ1v) is 15.3. The van der Waals surface area contributed by atoms with Crippen molar-refractivity contribution < 1.29 is 19.7 Å². The molecule has 1 amide bonds. The average Bonchev–Trinajstić information content (AvgIpc) is 3.75. The number of carboxylic acid groups (broad SMARTS) is 1. The Balaban J connectivity index is 1.21. The highest BCUT2D eigenvalue weighted by Gasteiger charge is 2.38. The van der Waals surface area contributed by atoms with Gasteiger partial charge in [0.25, 0.3) is 0 Å². The predicted molar refractivity (Wildman–Crippen MR) is 162 cm³/mol. The van der Waals surface area contributed by atoms with E-state index in [4.69, 9.17) is 14.7 Å². The van der Waals surface area contributed by atoms with E-state index in [2.05, 4.69) is 26.8 Å². The molecule has 2 saturated heterocycles. The third kappa shape index (κ3) is 5.47. The monoisotopic (exact) mass is 583 g/mol. The molecule has 1 aliphatic carbocycles. The van der Waals surface area contributed by atoms with Gasteiger partial charge in [-0.15, -0.1) is 0 Å². The summed E-state index contributed by atoms with van der Waals surface area (Å²) in [5.74, 6) is 1.00. The fraction of sp³-hybridized carbons (Fsp3) is 0.500. The standard InChI is InChI=1S/C32H37N7O4/c33-11-9-23-18-37(14-15-39(23)32(41)42)30-27-10-13-36(29-17-25(40)16-21-4-1-2-6-26(21)29)19-28(27)34-31(35-30)43-20-24-5-3-12-38(24)22-7-8-22/h1-2,4,6,16-17,22-24,40H,3,5,7-10,12-15,18-20H2,(H,41,42). The lowest BCUT2D eigenvalue weighted by atomic mass is 10.0. The first-order chi connectivity index (χ1) is 21.0. The summed E-state index contributed by atoms with van der Waals surface area (Å²) in [5.41, 5.74) is 2.87. The number of hydrogen-bond donors (Lipinski definition) is 2. The van der Waals surface area contributed by atoms with Crippen LogP contribution in [0.1, 0.15) is 43.4 Å². The third-order valence-electron chi connectivity index (χ3n) is 9.39. The molecule has 11 heteroatoms. The maximum Gasteiger partial charge on any atom is 0.407 e. The average molecular weight is 584 g/mol. The van der Waals surface area contributed by atoms with Gasteiger partial charge in [0.15, 0.2) is 0 Å². The van der Waals surface area contributed by atoms with E-state index < -0.39 is 12.1 Å². The Kier molecular flexibility index (Phi) is 7.31. The Labute approximate surface area is 250 Å². The zero-order valence-corrected chi connectivity index (χ0v) is 24.2. The van der Waals surface area contributed by atoms with Crippen LogP contribution in [-0.4, -0.2) is 93.5 Å². The number of ether oxygens (including phenoxy) is 1. The highest BCUT2D eigenvalue weighted by Crippen LogP contribution is 2.37. The van der Waals surface area contributed by atoms with Gasteiger partial charge in [0.05, 0.1) is 30.8 Å². The Hall–Kier alpha value is -4.30. The molecule has 0 bridgehead atoms. The quantitative estimate of drug-likeness (QED) is 0.421. The normalized spacial score (nSPS) is 22.4. The van der Waals surface area contributed by atoms with E-state index in [1.165, 1.54) is 24.2 Å². The molecule has 1 saturated carbocycles. The number of aromatic nitrogens is 2. The number of anilines is 2.